The van der Waals surface area contributed by atoms with Gasteiger partial charge in [0, 0.05) is 11.3 Å². The van der Waals surface area contributed by atoms with E-state index in [4.69, 9.17) is 20.3 Å². The van der Waals surface area contributed by atoms with Crippen LogP contribution in [0.15, 0.2) is 77.4 Å². The van der Waals surface area contributed by atoms with Gasteiger partial charge in [0.05, 0.1) is 36.8 Å². The molecule has 4 aromatic rings. The molecule has 0 spiro atoms. The van der Waals surface area contributed by atoms with E-state index in [2.05, 4.69) is 5.32 Å². The summed E-state index contributed by atoms with van der Waals surface area (Å²) in [6.45, 7) is 0.812. The highest BCUT2D eigenvalue weighted by Gasteiger charge is 2.18. The zero-order valence-electron chi connectivity index (χ0n) is 17.5. The first-order valence-electron chi connectivity index (χ1n) is 9.75. The van der Waals surface area contributed by atoms with Crippen LogP contribution in [0.25, 0.3) is 10.8 Å². The summed E-state index contributed by atoms with van der Waals surface area (Å²) in [4.78, 5) is 11.2. The summed E-state index contributed by atoms with van der Waals surface area (Å²) in [5.74, 6) is 1.31. The zero-order chi connectivity index (χ0) is 22.2. The molecule has 4 N–H and O–H groups in total. The molecule has 6 nitrogen and oxygen atoms in total. The van der Waals surface area contributed by atoms with Gasteiger partial charge < -0.3 is 20.2 Å². The Kier molecular flexibility index (Phi) is 7.19. The average molecular weight is 415 g/mol. The molecule has 0 saturated carbocycles. The van der Waals surface area contributed by atoms with Gasteiger partial charge in [0.15, 0.2) is 6.29 Å². The standard InChI is InChI=1S/C19H16N2O2.C6H9NO/c1-23-19-15(11-22)8-9-16(20)17(19)18(21)14-7-6-12-4-2-3-5-13(12)10-14;1-7-5-6-3-2-4-8-6/h2-11,21H,20H2,1H3;2-4,7H,5H2,1H3. The Labute approximate surface area is 181 Å². The summed E-state index contributed by atoms with van der Waals surface area (Å²) in [6, 6.07) is 20.8. The predicted molar refractivity (Wildman–Crippen MR) is 124 cm³/mol. The van der Waals surface area contributed by atoms with Crippen molar-refractivity contribution in [2.24, 2.45) is 0 Å². The third-order valence-corrected chi connectivity index (χ3v) is 4.77. The van der Waals surface area contributed by atoms with Crippen molar-refractivity contribution >= 4 is 28.5 Å². The maximum atomic E-state index is 11.2. The lowest BCUT2D eigenvalue weighted by Gasteiger charge is -2.15. The molecular formula is C25H25N3O3. The fraction of sp³-hybridized carbons (Fsp3) is 0.120. The molecule has 0 aliphatic carbocycles. The Balaban J connectivity index is 0.000000287. The fourth-order valence-electron chi connectivity index (χ4n) is 3.26. The maximum absolute atomic E-state index is 11.2. The summed E-state index contributed by atoms with van der Waals surface area (Å²) >= 11 is 0. The number of carbonyl (C=O) groups excluding carboxylic acids is 1. The van der Waals surface area contributed by atoms with E-state index in [1.54, 1.807) is 18.4 Å². The van der Waals surface area contributed by atoms with Crippen molar-refractivity contribution in [3.05, 3.63) is 95.4 Å². The van der Waals surface area contributed by atoms with Crippen molar-refractivity contribution in [2.45, 2.75) is 6.54 Å². The molecular weight excluding hydrogens is 390 g/mol. The highest BCUT2D eigenvalue weighted by atomic mass is 16.5. The third kappa shape index (κ3) is 4.99. The van der Waals surface area contributed by atoms with Crippen LogP contribution in [0.2, 0.25) is 0 Å². The number of carbonyl (C=O) groups is 1. The van der Waals surface area contributed by atoms with Crippen molar-refractivity contribution in [2.75, 3.05) is 19.9 Å². The summed E-state index contributed by atoms with van der Waals surface area (Å²) in [7, 11) is 3.36. The Morgan fingerprint density at radius 2 is 1.87 bits per heavy atom. The molecule has 158 valence electrons. The smallest absolute Gasteiger partial charge is 0.153 e. The van der Waals surface area contributed by atoms with Gasteiger partial charge in [-0.05, 0) is 48.2 Å². The number of methoxy groups -OCH3 is 1. The first kappa shape index (κ1) is 21.8. The number of furan rings is 1. The zero-order valence-corrected chi connectivity index (χ0v) is 17.5. The number of hydrogen-bond acceptors (Lipinski definition) is 6. The Morgan fingerprint density at radius 1 is 1.10 bits per heavy atom. The summed E-state index contributed by atoms with van der Waals surface area (Å²) in [6.07, 6.45) is 2.38. The maximum Gasteiger partial charge on any atom is 0.153 e. The highest BCUT2D eigenvalue weighted by molar-refractivity contribution is 6.17. The van der Waals surface area contributed by atoms with Crippen LogP contribution in [0.3, 0.4) is 0 Å². The lowest BCUT2D eigenvalue weighted by Crippen LogP contribution is -2.09. The van der Waals surface area contributed by atoms with Crippen LogP contribution < -0.4 is 15.8 Å². The number of aldehydes is 1. The van der Waals surface area contributed by atoms with Crippen molar-refractivity contribution < 1.29 is 13.9 Å². The lowest BCUT2D eigenvalue weighted by atomic mass is 9.96. The normalized spacial score (nSPS) is 10.3. The summed E-state index contributed by atoms with van der Waals surface area (Å²) in [5, 5.41) is 13.6. The molecule has 0 amide bonds. The van der Waals surface area contributed by atoms with E-state index in [1.165, 1.54) is 7.11 Å². The van der Waals surface area contributed by atoms with E-state index in [-0.39, 0.29) is 5.71 Å². The number of nitrogens with one attached hydrogen (secondary N) is 2. The van der Waals surface area contributed by atoms with E-state index < -0.39 is 0 Å². The number of nitrogens with two attached hydrogens (primary N) is 1. The van der Waals surface area contributed by atoms with Crippen molar-refractivity contribution in [1.29, 1.82) is 5.41 Å². The molecule has 0 saturated heterocycles. The molecule has 0 fully saturated rings. The van der Waals surface area contributed by atoms with Crippen LogP contribution in [0.5, 0.6) is 5.75 Å². The Hall–Kier alpha value is -3.90. The van der Waals surface area contributed by atoms with Crippen LogP contribution in [-0.4, -0.2) is 26.2 Å². The van der Waals surface area contributed by atoms with E-state index in [0.29, 0.717) is 28.8 Å². The Morgan fingerprint density at radius 3 is 2.52 bits per heavy atom. The molecule has 6 heteroatoms. The first-order chi connectivity index (χ1) is 15.1. The average Bonchev–Trinajstić information content (AvgIpc) is 3.32. The molecule has 1 heterocycles. The van der Waals surface area contributed by atoms with Gasteiger partial charge in [-0.1, -0.05) is 36.4 Å². The monoisotopic (exact) mass is 415 g/mol. The van der Waals surface area contributed by atoms with Crippen molar-refractivity contribution in [3.8, 4) is 5.75 Å². The second-order valence-corrected chi connectivity index (χ2v) is 6.82. The molecule has 3 aromatic carbocycles. The number of ether oxygens (including phenoxy) is 1. The first-order valence-corrected chi connectivity index (χ1v) is 9.75. The molecule has 0 aliphatic heterocycles. The molecule has 31 heavy (non-hydrogen) atoms. The van der Waals surface area contributed by atoms with Crippen LogP contribution in [0.1, 0.15) is 27.2 Å². The van der Waals surface area contributed by atoms with E-state index in [0.717, 1.165) is 28.6 Å². The SMILES string of the molecule is CNCc1ccco1.COc1c(C=O)ccc(N)c1C(=N)c1ccc2ccccc2c1. The van der Waals surface area contributed by atoms with Gasteiger partial charge in [-0.3, -0.25) is 10.2 Å². The van der Waals surface area contributed by atoms with Gasteiger partial charge in [0.2, 0.25) is 0 Å². The third-order valence-electron chi connectivity index (χ3n) is 4.77. The number of hydrogen-bond donors (Lipinski definition) is 3. The summed E-state index contributed by atoms with van der Waals surface area (Å²) in [5.41, 5.74) is 8.21. The number of anilines is 1. The predicted octanol–water partition coefficient (Wildman–Crippen LogP) is 4.66. The minimum atomic E-state index is 0.230. The highest BCUT2D eigenvalue weighted by Crippen LogP contribution is 2.31. The molecule has 0 aliphatic rings. The minimum absolute atomic E-state index is 0.230. The number of nitrogen functional groups attached to an aromatic ring is 1. The quantitative estimate of drug-likeness (QED) is 0.242. The second kappa shape index (κ2) is 10.2. The van der Waals surface area contributed by atoms with Crippen molar-refractivity contribution in [3.63, 3.8) is 0 Å². The van der Waals surface area contributed by atoms with E-state index in [9.17, 15) is 4.79 Å². The van der Waals surface area contributed by atoms with Crippen LogP contribution in [-0.2, 0) is 6.54 Å². The van der Waals surface area contributed by atoms with Gasteiger partial charge >= 0.3 is 0 Å². The van der Waals surface area contributed by atoms with Gasteiger partial charge in [-0.2, -0.15) is 0 Å². The lowest BCUT2D eigenvalue weighted by molar-refractivity contribution is 0.112. The van der Waals surface area contributed by atoms with Gasteiger partial charge in [0.25, 0.3) is 0 Å². The molecule has 0 atom stereocenters. The molecule has 4 rings (SSSR count). The van der Waals surface area contributed by atoms with Gasteiger partial charge in [-0.15, -0.1) is 0 Å². The number of benzene rings is 3. The summed E-state index contributed by atoms with van der Waals surface area (Å²) < 4.78 is 10.3. The van der Waals surface area contributed by atoms with Gasteiger partial charge in [0.1, 0.15) is 11.5 Å². The number of fused-ring (bicyclic) bond motifs is 1. The Bertz CT molecular complexity index is 1180. The molecule has 1 aromatic heterocycles. The van der Waals surface area contributed by atoms with Gasteiger partial charge in [-0.25, -0.2) is 0 Å². The van der Waals surface area contributed by atoms with Crippen LogP contribution in [0, 0.1) is 5.41 Å². The molecule has 0 unspecified atom stereocenters. The van der Waals surface area contributed by atoms with E-state index in [1.807, 2.05) is 61.6 Å². The fourth-order valence-corrected chi connectivity index (χ4v) is 3.26. The van der Waals surface area contributed by atoms with Crippen molar-refractivity contribution in [1.82, 2.24) is 5.32 Å². The largest absolute Gasteiger partial charge is 0.495 e. The number of rotatable bonds is 6. The second-order valence-electron chi connectivity index (χ2n) is 6.82. The van der Waals surface area contributed by atoms with Crippen LogP contribution in [0.4, 0.5) is 5.69 Å². The molecule has 0 bridgehead atoms. The molecule has 0 radical (unpaired) electrons. The van der Waals surface area contributed by atoms with Crippen LogP contribution >= 0.6 is 0 Å². The minimum Gasteiger partial charge on any atom is -0.495 e. The topological polar surface area (TPSA) is 101 Å². The van der Waals surface area contributed by atoms with E-state index >= 15 is 0 Å².